The summed E-state index contributed by atoms with van der Waals surface area (Å²) in [5.41, 5.74) is 0. The molecule has 0 aromatic rings. The van der Waals surface area contributed by atoms with Gasteiger partial charge in [-0.3, -0.25) is 37.3 Å². The average Bonchev–Trinajstić information content (AvgIpc) is 0.917. The highest BCUT2D eigenvalue weighted by molar-refractivity contribution is 7.47. The second-order valence-corrected chi connectivity index (χ2v) is 34.6. The smallest absolute Gasteiger partial charge is 0.462 e. The first-order valence-corrected chi connectivity index (χ1v) is 47.5. The van der Waals surface area contributed by atoms with Gasteiger partial charge in [0.2, 0.25) is 0 Å². The lowest BCUT2D eigenvalue weighted by Gasteiger charge is -2.21. The summed E-state index contributed by atoms with van der Waals surface area (Å²) in [5.74, 6) is -0.552. The van der Waals surface area contributed by atoms with E-state index in [2.05, 4.69) is 41.5 Å². The molecule has 624 valence electrons. The van der Waals surface area contributed by atoms with Gasteiger partial charge >= 0.3 is 39.5 Å². The third-order valence-electron chi connectivity index (χ3n) is 20.6. The number of rotatable bonds is 85. The Morgan fingerprint density at radius 3 is 0.724 bits per heavy atom. The lowest BCUT2D eigenvalue weighted by molar-refractivity contribution is -0.161. The zero-order valence-electron chi connectivity index (χ0n) is 69.0. The normalized spacial score (nSPS) is 14.1. The van der Waals surface area contributed by atoms with Gasteiger partial charge in [-0.15, -0.1) is 0 Å². The number of hydrogen-bond donors (Lipinski definition) is 3. The quantitative estimate of drug-likeness (QED) is 0.0222. The van der Waals surface area contributed by atoms with Crippen LogP contribution < -0.4 is 0 Å². The predicted molar refractivity (Wildman–Crippen MR) is 432 cm³/mol. The van der Waals surface area contributed by atoms with Crippen molar-refractivity contribution >= 4 is 39.5 Å². The zero-order chi connectivity index (χ0) is 77.1. The molecule has 0 saturated heterocycles. The highest BCUT2D eigenvalue weighted by Gasteiger charge is 2.30. The molecule has 105 heavy (non-hydrogen) atoms. The molecule has 0 amide bonds. The Hall–Kier alpha value is -1.94. The molecule has 0 aromatic heterocycles. The molecule has 17 nitrogen and oxygen atoms in total. The van der Waals surface area contributed by atoms with Crippen molar-refractivity contribution in [2.75, 3.05) is 39.6 Å². The number of unbranched alkanes of at least 4 members (excludes halogenated alkanes) is 54. The zero-order valence-corrected chi connectivity index (χ0v) is 70.8. The third kappa shape index (κ3) is 78.5. The highest BCUT2D eigenvalue weighted by Crippen LogP contribution is 2.45. The van der Waals surface area contributed by atoms with Crippen molar-refractivity contribution in [1.29, 1.82) is 0 Å². The fourth-order valence-corrected chi connectivity index (χ4v) is 15.0. The van der Waals surface area contributed by atoms with Crippen molar-refractivity contribution in [2.24, 2.45) is 11.8 Å². The Labute approximate surface area is 645 Å². The van der Waals surface area contributed by atoms with Gasteiger partial charge in [0.1, 0.15) is 19.3 Å². The van der Waals surface area contributed by atoms with E-state index in [0.29, 0.717) is 25.7 Å². The van der Waals surface area contributed by atoms with Crippen molar-refractivity contribution < 1.29 is 80.2 Å². The highest BCUT2D eigenvalue weighted by atomic mass is 31.2. The predicted octanol–water partition coefficient (Wildman–Crippen LogP) is 26.2. The molecule has 6 atom stereocenters. The summed E-state index contributed by atoms with van der Waals surface area (Å²) in [5, 5.41) is 10.7. The second kappa shape index (κ2) is 77.4. The molecule has 0 rings (SSSR count). The van der Waals surface area contributed by atoms with E-state index in [4.69, 9.17) is 37.0 Å². The van der Waals surface area contributed by atoms with Crippen LogP contribution in [0.4, 0.5) is 0 Å². The minimum Gasteiger partial charge on any atom is -0.462 e. The fourth-order valence-electron chi connectivity index (χ4n) is 13.4. The van der Waals surface area contributed by atoms with Crippen molar-refractivity contribution in [2.45, 2.75) is 477 Å². The van der Waals surface area contributed by atoms with Gasteiger partial charge in [0.25, 0.3) is 0 Å². The molecule has 0 aromatic carbocycles. The van der Waals surface area contributed by atoms with Crippen LogP contribution in [0.25, 0.3) is 0 Å². The van der Waals surface area contributed by atoms with E-state index in [0.717, 1.165) is 108 Å². The second-order valence-electron chi connectivity index (χ2n) is 31.6. The van der Waals surface area contributed by atoms with Crippen LogP contribution in [0.3, 0.4) is 0 Å². The van der Waals surface area contributed by atoms with E-state index in [9.17, 15) is 43.2 Å². The molecule has 0 fully saturated rings. The first-order chi connectivity index (χ1) is 50.9. The summed E-state index contributed by atoms with van der Waals surface area (Å²) < 4.78 is 68.9. The summed E-state index contributed by atoms with van der Waals surface area (Å²) in [6.07, 6.45) is 69.5. The Bertz CT molecular complexity index is 2010. The van der Waals surface area contributed by atoms with Crippen molar-refractivity contribution in [3.8, 4) is 0 Å². The van der Waals surface area contributed by atoms with E-state index in [-0.39, 0.29) is 25.7 Å². The van der Waals surface area contributed by atoms with Gasteiger partial charge in [0.15, 0.2) is 12.2 Å². The van der Waals surface area contributed by atoms with E-state index >= 15 is 0 Å². The van der Waals surface area contributed by atoms with E-state index in [1.165, 1.54) is 270 Å². The summed E-state index contributed by atoms with van der Waals surface area (Å²) in [7, 11) is -9.93. The SMILES string of the molecule is CCCCCCCCCCCCCCCCCCCCCCC(=O)OC[C@H](COP(=O)(O)OC[C@@H](O)COP(=O)(O)OC[C@@H](COC(=O)CCCCCCCCC(C)CC)OC(=O)CCCCCCCCCCCCCCCC)OC(=O)CCCCCCCCCCCCCCCCCCCCC(C)C. The monoisotopic (exact) mass is 1540 g/mol. The molecular formula is C86H168O17P2. The topological polar surface area (TPSA) is 237 Å². The lowest BCUT2D eigenvalue weighted by atomic mass is 10.00. The van der Waals surface area contributed by atoms with Crippen molar-refractivity contribution in [3.63, 3.8) is 0 Å². The van der Waals surface area contributed by atoms with Crippen LogP contribution in [-0.4, -0.2) is 96.7 Å². The van der Waals surface area contributed by atoms with Gasteiger partial charge in [0, 0.05) is 25.7 Å². The van der Waals surface area contributed by atoms with Crippen LogP contribution in [-0.2, 0) is 65.4 Å². The number of aliphatic hydroxyl groups is 1. The third-order valence-corrected chi connectivity index (χ3v) is 22.5. The number of phosphoric ester groups is 2. The Balaban J connectivity index is 5.22. The fraction of sp³-hybridized carbons (Fsp3) is 0.953. The van der Waals surface area contributed by atoms with Gasteiger partial charge < -0.3 is 33.8 Å². The number of hydrogen-bond acceptors (Lipinski definition) is 15. The van der Waals surface area contributed by atoms with Crippen molar-refractivity contribution in [1.82, 2.24) is 0 Å². The molecule has 0 aliphatic heterocycles. The standard InChI is InChI=1S/C86H168O17P2/c1-7-10-12-14-16-18-20-22-24-25-26-27-31-34-38-41-45-49-56-62-68-83(88)96-74-81(102-85(90)71-65-59-51-47-43-39-35-32-29-28-30-33-36-40-44-48-54-60-66-78(4)5)76-100-104(92,93)98-72-80(87)73-99-105(94,95)101-77-82(75-97-84(89)69-63-57-53-52-55-61-67-79(6)9-3)103-86(91)70-64-58-50-46-42-37-23-21-19-17-15-13-11-8-2/h78-82,87H,7-77H2,1-6H3,(H,92,93)(H,94,95)/t79?,80-,81-,82-/m1/s1. The molecule has 3 N–H and O–H groups in total. The molecule has 0 bridgehead atoms. The maximum Gasteiger partial charge on any atom is 0.472 e. The molecular weight excluding hydrogens is 1370 g/mol. The number of ether oxygens (including phenoxy) is 4. The average molecular weight is 1540 g/mol. The molecule has 3 unspecified atom stereocenters. The van der Waals surface area contributed by atoms with Gasteiger partial charge in [-0.1, -0.05) is 408 Å². The first-order valence-electron chi connectivity index (χ1n) is 44.5. The molecule has 0 saturated carbocycles. The number of esters is 4. The number of carbonyl (C=O) groups excluding carboxylic acids is 4. The maximum absolute atomic E-state index is 13.1. The summed E-state index contributed by atoms with van der Waals surface area (Å²) >= 11 is 0. The Morgan fingerprint density at radius 2 is 0.486 bits per heavy atom. The first kappa shape index (κ1) is 103. The summed E-state index contributed by atoms with van der Waals surface area (Å²) in [4.78, 5) is 73.2. The van der Waals surface area contributed by atoms with E-state index in [1.54, 1.807) is 0 Å². The molecule has 0 radical (unpaired) electrons. The van der Waals surface area contributed by atoms with Crippen LogP contribution in [0.2, 0.25) is 0 Å². The largest absolute Gasteiger partial charge is 0.472 e. The molecule has 0 aliphatic carbocycles. The Morgan fingerprint density at radius 1 is 0.276 bits per heavy atom. The molecule has 19 heteroatoms. The van der Waals surface area contributed by atoms with Gasteiger partial charge in [-0.05, 0) is 37.5 Å². The number of phosphoric acid groups is 2. The van der Waals surface area contributed by atoms with Gasteiger partial charge in [-0.25, -0.2) is 9.13 Å². The summed E-state index contributed by atoms with van der Waals surface area (Å²) in [6.45, 7) is 9.66. The molecule has 0 heterocycles. The van der Waals surface area contributed by atoms with Crippen LogP contribution in [0.5, 0.6) is 0 Å². The lowest BCUT2D eigenvalue weighted by Crippen LogP contribution is -2.30. The molecule has 0 spiro atoms. The van der Waals surface area contributed by atoms with Crippen LogP contribution >= 0.6 is 15.6 Å². The minimum atomic E-state index is -4.97. The van der Waals surface area contributed by atoms with Crippen LogP contribution in [0, 0.1) is 11.8 Å². The minimum absolute atomic E-state index is 0.107. The van der Waals surface area contributed by atoms with Crippen molar-refractivity contribution in [3.05, 3.63) is 0 Å². The van der Waals surface area contributed by atoms with E-state index in [1.807, 2.05) is 0 Å². The molecule has 0 aliphatic rings. The van der Waals surface area contributed by atoms with Crippen LogP contribution in [0.15, 0.2) is 0 Å². The maximum atomic E-state index is 13.1. The van der Waals surface area contributed by atoms with E-state index < -0.39 is 97.5 Å². The van der Waals surface area contributed by atoms with Gasteiger partial charge in [0.05, 0.1) is 26.4 Å². The summed E-state index contributed by atoms with van der Waals surface area (Å²) in [6, 6.07) is 0. The Kier molecular flexibility index (Phi) is 76.0. The van der Waals surface area contributed by atoms with Crippen LogP contribution in [0.1, 0.15) is 459 Å². The van der Waals surface area contributed by atoms with Gasteiger partial charge in [-0.2, -0.15) is 0 Å². The number of aliphatic hydroxyl groups excluding tert-OH is 1. The number of carbonyl (C=O) groups is 4.